The van der Waals surface area contributed by atoms with Crippen molar-refractivity contribution in [1.82, 2.24) is 0 Å². The van der Waals surface area contributed by atoms with Crippen molar-refractivity contribution in [3.63, 3.8) is 0 Å². The van der Waals surface area contributed by atoms with Crippen LogP contribution in [0.15, 0.2) is 0 Å². The molecule has 0 atom stereocenters. The van der Waals surface area contributed by atoms with Gasteiger partial charge < -0.3 is 0 Å². The van der Waals surface area contributed by atoms with Gasteiger partial charge in [0.15, 0.2) is 0 Å². The van der Waals surface area contributed by atoms with Crippen LogP contribution in [0.2, 0.25) is 0 Å². The summed E-state index contributed by atoms with van der Waals surface area (Å²) in [6.45, 7) is 0. The van der Waals surface area contributed by atoms with Crippen LogP contribution >= 0.6 is 0 Å². The quantitative estimate of drug-likeness (QED) is 0.344. The average molecular weight is 124 g/mol. The molecule has 0 aliphatic carbocycles. The molecule has 0 heterocycles. The van der Waals surface area contributed by atoms with E-state index >= 15 is 0 Å². The SMILES string of the molecule is [K].[K].[Na].[Na]. The summed E-state index contributed by atoms with van der Waals surface area (Å²) < 4.78 is 0. The molecule has 0 aromatic carbocycles. The Labute approximate surface area is 156 Å². The van der Waals surface area contributed by atoms with Gasteiger partial charge in [-0.1, -0.05) is 0 Å². The minimum atomic E-state index is 0. The fourth-order valence-electron chi connectivity index (χ4n) is 0. The zero-order chi connectivity index (χ0) is 0. The standard InChI is InChI=1S/2K.2Na. The Kier molecular flexibility index (Phi) is 89.8. The molecule has 0 aliphatic rings. The third-order valence-electron chi connectivity index (χ3n) is 0. The van der Waals surface area contributed by atoms with Crippen LogP contribution in [0.3, 0.4) is 0 Å². The molecule has 0 unspecified atom stereocenters. The maximum Gasteiger partial charge on any atom is 0 e. The van der Waals surface area contributed by atoms with E-state index in [2.05, 4.69) is 0 Å². The summed E-state index contributed by atoms with van der Waals surface area (Å²) in [6.07, 6.45) is 0. The van der Waals surface area contributed by atoms with Gasteiger partial charge in [0.2, 0.25) is 0 Å². The van der Waals surface area contributed by atoms with Crippen molar-refractivity contribution in [2.45, 2.75) is 0 Å². The van der Waals surface area contributed by atoms with Gasteiger partial charge in [0, 0.05) is 162 Å². The van der Waals surface area contributed by atoms with Gasteiger partial charge in [0.25, 0.3) is 0 Å². The van der Waals surface area contributed by atoms with Crippen molar-refractivity contribution >= 4 is 162 Å². The Hall–Kier alpha value is 5.27. The Morgan fingerprint density at radius 3 is 0.500 bits per heavy atom. The summed E-state index contributed by atoms with van der Waals surface area (Å²) in [5.41, 5.74) is 0. The number of hydrogen-bond acceptors (Lipinski definition) is 0. The molecular weight excluding hydrogens is 124 g/mol. The Bertz CT molecular complexity index is 4.00. The molecule has 0 fully saturated rings. The van der Waals surface area contributed by atoms with E-state index < -0.39 is 0 Å². The van der Waals surface area contributed by atoms with Crippen molar-refractivity contribution in [1.29, 1.82) is 0 Å². The molecule has 0 aromatic heterocycles. The first-order valence-corrected chi connectivity index (χ1v) is 0. The Morgan fingerprint density at radius 1 is 0.500 bits per heavy atom. The molecule has 0 nitrogen and oxygen atoms in total. The van der Waals surface area contributed by atoms with Gasteiger partial charge in [-0.2, -0.15) is 0 Å². The molecular formula is K2Na2. The molecule has 0 N–H and O–H groups in total. The molecule has 0 amide bonds. The zero-order valence-electron chi connectivity index (χ0n) is 4.00. The van der Waals surface area contributed by atoms with E-state index in [0.717, 1.165) is 0 Å². The van der Waals surface area contributed by atoms with Crippen LogP contribution in [-0.2, 0) is 0 Å². The summed E-state index contributed by atoms with van der Waals surface area (Å²) in [5, 5.41) is 0. The second-order valence-electron chi connectivity index (χ2n) is 0. The third-order valence-corrected chi connectivity index (χ3v) is 0. The summed E-state index contributed by atoms with van der Waals surface area (Å²) in [6, 6.07) is 0. The number of hydrogen-bond donors (Lipinski definition) is 0. The van der Waals surface area contributed by atoms with Crippen LogP contribution in [-0.4, -0.2) is 162 Å². The van der Waals surface area contributed by atoms with E-state index in [1.54, 1.807) is 0 Å². The Morgan fingerprint density at radius 2 is 0.500 bits per heavy atom. The Balaban J connectivity index is 0. The number of rotatable bonds is 0. The topological polar surface area (TPSA) is 0 Å². The summed E-state index contributed by atoms with van der Waals surface area (Å²) in [7, 11) is 0. The van der Waals surface area contributed by atoms with Crippen LogP contribution < -0.4 is 0 Å². The second-order valence-corrected chi connectivity index (χ2v) is 0. The van der Waals surface area contributed by atoms with Gasteiger partial charge in [-0.3, -0.25) is 0 Å². The van der Waals surface area contributed by atoms with E-state index in [1.807, 2.05) is 0 Å². The zero-order valence-corrected chi connectivity index (χ0v) is 14.2. The van der Waals surface area contributed by atoms with Gasteiger partial charge in [-0.25, -0.2) is 0 Å². The van der Waals surface area contributed by atoms with Crippen molar-refractivity contribution in [2.24, 2.45) is 0 Å². The van der Waals surface area contributed by atoms with Gasteiger partial charge in [0.1, 0.15) is 0 Å². The van der Waals surface area contributed by atoms with E-state index in [4.69, 9.17) is 0 Å². The predicted octanol–water partition coefficient (Wildman–Crippen LogP) is -1.52. The summed E-state index contributed by atoms with van der Waals surface area (Å²) in [4.78, 5) is 0. The predicted molar refractivity (Wildman–Crippen MR) is 23.0 cm³/mol. The molecule has 4 heteroatoms. The van der Waals surface area contributed by atoms with Crippen molar-refractivity contribution in [2.75, 3.05) is 0 Å². The van der Waals surface area contributed by atoms with Crippen molar-refractivity contribution < 1.29 is 0 Å². The van der Waals surface area contributed by atoms with Gasteiger partial charge >= 0.3 is 0 Å². The molecule has 0 aromatic rings. The van der Waals surface area contributed by atoms with Crippen LogP contribution in [0.5, 0.6) is 0 Å². The first-order valence-electron chi connectivity index (χ1n) is 0. The molecule has 4 valence electrons. The minimum absolute atomic E-state index is 0. The van der Waals surface area contributed by atoms with Crippen LogP contribution in [0, 0.1) is 0 Å². The van der Waals surface area contributed by atoms with Crippen LogP contribution in [0.25, 0.3) is 0 Å². The van der Waals surface area contributed by atoms with E-state index in [0.29, 0.717) is 0 Å². The monoisotopic (exact) mass is 124 g/mol. The van der Waals surface area contributed by atoms with Gasteiger partial charge in [0.05, 0.1) is 0 Å². The van der Waals surface area contributed by atoms with Crippen molar-refractivity contribution in [3.8, 4) is 0 Å². The second kappa shape index (κ2) is 15.7. The van der Waals surface area contributed by atoms with Crippen LogP contribution in [0.1, 0.15) is 0 Å². The van der Waals surface area contributed by atoms with Crippen molar-refractivity contribution in [3.05, 3.63) is 0 Å². The summed E-state index contributed by atoms with van der Waals surface area (Å²) in [5.74, 6) is 0. The molecule has 0 saturated heterocycles. The molecule has 0 rings (SSSR count). The maximum absolute atomic E-state index is 0. The third kappa shape index (κ3) is 10.3. The fourth-order valence-corrected chi connectivity index (χ4v) is 0. The molecule has 0 spiro atoms. The van der Waals surface area contributed by atoms with E-state index in [-0.39, 0.29) is 162 Å². The van der Waals surface area contributed by atoms with Crippen LogP contribution in [0.4, 0.5) is 0 Å². The van der Waals surface area contributed by atoms with Gasteiger partial charge in [-0.05, 0) is 0 Å². The smallest absolute Gasteiger partial charge is 0 e. The minimum Gasteiger partial charge on any atom is 0 e. The fraction of sp³-hybridized carbons (Fsp3) is 0. The molecule has 4 radical (unpaired) electrons. The maximum atomic E-state index is 0. The van der Waals surface area contributed by atoms with Gasteiger partial charge in [-0.15, -0.1) is 0 Å². The molecule has 0 aliphatic heterocycles. The average Bonchev–Trinajstić information content (AvgIpc) is 0. The van der Waals surface area contributed by atoms with E-state index in [9.17, 15) is 0 Å². The normalized spacial score (nSPS) is 0. The summed E-state index contributed by atoms with van der Waals surface area (Å²) >= 11 is 0. The van der Waals surface area contributed by atoms with E-state index in [1.165, 1.54) is 0 Å². The first-order chi connectivity index (χ1) is 0. The molecule has 4 heavy (non-hydrogen) atoms. The molecule has 0 saturated carbocycles. The molecule has 0 bridgehead atoms. The largest absolute Gasteiger partial charge is 0 e. The first kappa shape index (κ1) is 22.8.